The van der Waals surface area contributed by atoms with Crippen LogP contribution < -0.4 is 5.32 Å². The molecular formula is C14H17NS. The molecule has 1 aromatic carbocycles. The lowest BCUT2D eigenvalue weighted by Crippen LogP contribution is -2.12. The predicted molar refractivity (Wildman–Crippen MR) is 71.8 cm³/mol. The number of rotatable bonds is 5. The maximum atomic E-state index is 3.43. The van der Waals surface area contributed by atoms with Gasteiger partial charge in [-0.15, -0.1) is 11.3 Å². The number of benzene rings is 1. The molecule has 0 fully saturated rings. The smallest absolute Gasteiger partial charge is 0.0299 e. The molecule has 0 saturated heterocycles. The summed E-state index contributed by atoms with van der Waals surface area (Å²) in [4.78, 5) is 1.41. The Labute approximate surface area is 101 Å². The summed E-state index contributed by atoms with van der Waals surface area (Å²) in [7, 11) is 0. The van der Waals surface area contributed by atoms with Crippen LogP contribution in [0, 0.1) is 0 Å². The van der Waals surface area contributed by atoms with Gasteiger partial charge in [0.2, 0.25) is 0 Å². The molecule has 0 unspecified atom stereocenters. The average Bonchev–Trinajstić information content (AvgIpc) is 2.79. The number of thiophene rings is 1. The van der Waals surface area contributed by atoms with E-state index in [0.717, 1.165) is 13.1 Å². The van der Waals surface area contributed by atoms with E-state index in [9.17, 15) is 0 Å². The molecular weight excluding hydrogens is 214 g/mol. The maximum Gasteiger partial charge on any atom is 0.0299 e. The molecule has 0 aliphatic rings. The lowest BCUT2D eigenvalue weighted by molar-refractivity contribution is 0.682. The van der Waals surface area contributed by atoms with Gasteiger partial charge in [-0.05, 0) is 35.5 Å². The van der Waals surface area contributed by atoms with Gasteiger partial charge < -0.3 is 5.32 Å². The fourth-order valence-electron chi connectivity index (χ4n) is 1.64. The van der Waals surface area contributed by atoms with Crippen LogP contribution >= 0.6 is 11.3 Å². The third-order valence-electron chi connectivity index (χ3n) is 2.49. The summed E-state index contributed by atoms with van der Waals surface area (Å²) in [5, 5.41) is 5.66. The SMILES string of the molecule is CCCNCc1cc(-c2ccccc2)cs1. The van der Waals surface area contributed by atoms with E-state index >= 15 is 0 Å². The maximum absolute atomic E-state index is 3.43. The summed E-state index contributed by atoms with van der Waals surface area (Å²) in [6.07, 6.45) is 1.19. The molecule has 0 amide bonds. The zero-order valence-corrected chi connectivity index (χ0v) is 10.4. The Kier molecular flexibility index (Phi) is 4.14. The van der Waals surface area contributed by atoms with Crippen molar-refractivity contribution >= 4 is 11.3 Å². The van der Waals surface area contributed by atoms with Gasteiger partial charge in [-0.1, -0.05) is 37.3 Å². The third-order valence-corrected chi connectivity index (χ3v) is 3.42. The first-order valence-corrected chi connectivity index (χ1v) is 6.61. The molecule has 0 aliphatic heterocycles. The minimum Gasteiger partial charge on any atom is -0.312 e. The Morgan fingerprint density at radius 2 is 1.94 bits per heavy atom. The molecule has 0 spiro atoms. The zero-order chi connectivity index (χ0) is 11.2. The second-order valence-corrected chi connectivity index (χ2v) is 4.84. The molecule has 1 N–H and O–H groups in total. The highest BCUT2D eigenvalue weighted by Gasteiger charge is 2.01. The van der Waals surface area contributed by atoms with Crippen molar-refractivity contribution in [2.24, 2.45) is 0 Å². The van der Waals surface area contributed by atoms with Gasteiger partial charge in [-0.2, -0.15) is 0 Å². The Hall–Kier alpha value is -1.12. The van der Waals surface area contributed by atoms with Crippen molar-refractivity contribution in [3.8, 4) is 11.1 Å². The fourth-order valence-corrected chi connectivity index (χ4v) is 2.51. The molecule has 84 valence electrons. The standard InChI is InChI=1S/C14H17NS/c1-2-8-15-10-14-9-13(11-16-14)12-6-4-3-5-7-12/h3-7,9,11,15H,2,8,10H2,1H3. The molecule has 0 saturated carbocycles. The van der Waals surface area contributed by atoms with Crippen LogP contribution in [-0.2, 0) is 6.54 Å². The lowest BCUT2D eigenvalue weighted by atomic mass is 10.1. The highest BCUT2D eigenvalue weighted by Crippen LogP contribution is 2.25. The highest BCUT2D eigenvalue weighted by molar-refractivity contribution is 7.10. The molecule has 0 bridgehead atoms. The van der Waals surface area contributed by atoms with Crippen LogP contribution in [0.3, 0.4) is 0 Å². The number of hydrogen-bond donors (Lipinski definition) is 1. The third kappa shape index (κ3) is 2.94. The van der Waals surface area contributed by atoms with Gasteiger partial charge in [-0.25, -0.2) is 0 Å². The molecule has 0 aliphatic carbocycles. The monoisotopic (exact) mass is 231 g/mol. The average molecular weight is 231 g/mol. The van der Waals surface area contributed by atoms with Crippen molar-refractivity contribution in [3.05, 3.63) is 46.7 Å². The van der Waals surface area contributed by atoms with Crippen molar-refractivity contribution in [2.75, 3.05) is 6.54 Å². The van der Waals surface area contributed by atoms with Crippen LogP contribution in [0.25, 0.3) is 11.1 Å². The quantitative estimate of drug-likeness (QED) is 0.769. The van der Waals surface area contributed by atoms with Gasteiger partial charge in [0.15, 0.2) is 0 Å². The first-order chi connectivity index (χ1) is 7.90. The molecule has 0 radical (unpaired) electrons. The molecule has 2 heteroatoms. The van der Waals surface area contributed by atoms with E-state index in [2.05, 4.69) is 54.0 Å². The second kappa shape index (κ2) is 5.83. The number of nitrogens with one attached hydrogen (secondary N) is 1. The van der Waals surface area contributed by atoms with E-state index in [0.29, 0.717) is 0 Å². The van der Waals surface area contributed by atoms with Crippen LogP contribution in [0.15, 0.2) is 41.8 Å². The Morgan fingerprint density at radius 1 is 1.12 bits per heavy atom. The van der Waals surface area contributed by atoms with Crippen LogP contribution in [0.4, 0.5) is 0 Å². The summed E-state index contributed by atoms with van der Waals surface area (Å²) >= 11 is 1.83. The Balaban J connectivity index is 2.02. The molecule has 2 rings (SSSR count). The zero-order valence-electron chi connectivity index (χ0n) is 9.57. The van der Waals surface area contributed by atoms with Crippen LogP contribution in [0.1, 0.15) is 18.2 Å². The van der Waals surface area contributed by atoms with Gasteiger partial charge >= 0.3 is 0 Å². The predicted octanol–water partition coefficient (Wildman–Crippen LogP) is 3.91. The summed E-state index contributed by atoms with van der Waals surface area (Å²) in [5.41, 5.74) is 2.64. The lowest BCUT2D eigenvalue weighted by Gasteiger charge is -1.99. The molecule has 16 heavy (non-hydrogen) atoms. The Morgan fingerprint density at radius 3 is 2.69 bits per heavy atom. The van der Waals surface area contributed by atoms with E-state index in [1.807, 2.05) is 11.3 Å². The fraction of sp³-hybridized carbons (Fsp3) is 0.286. The summed E-state index contributed by atoms with van der Waals surface area (Å²) in [6.45, 7) is 4.28. The normalized spacial score (nSPS) is 10.6. The first kappa shape index (κ1) is 11.4. The first-order valence-electron chi connectivity index (χ1n) is 5.73. The van der Waals surface area contributed by atoms with Crippen LogP contribution in [0.5, 0.6) is 0 Å². The van der Waals surface area contributed by atoms with Crippen molar-refractivity contribution < 1.29 is 0 Å². The van der Waals surface area contributed by atoms with Gasteiger partial charge in [0, 0.05) is 11.4 Å². The molecule has 2 aromatic rings. The second-order valence-electron chi connectivity index (χ2n) is 3.84. The van der Waals surface area contributed by atoms with Crippen LogP contribution in [-0.4, -0.2) is 6.54 Å². The van der Waals surface area contributed by atoms with Crippen molar-refractivity contribution in [2.45, 2.75) is 19.9 Å². The van der Waals surface area contributed by atoms with Gasteiger partial charge in [0.05, 0.1) is 0 Å². The number of hydrogen-bond acceptors (Lipinski definition) is 2. The summed E-state index contributed by atoms with van der Waals surface area (Å²) in [5.74, 6) is 0. The summed E-state index contributed by atoms with van der Waals surface area (Å²) in [6, 6.07) is 12.8. The minimum absolute atomic E-state index is 0.991. The molecule has 1 aromatic heterocycles. The van der Waals surface area contributed by atoms with Crippen molar-refractivity contribution in [1.82, 2.24) is 5.32 Å². The highest BCUT2D eigenvalue weighted by atomic mass is 32.1. The van der Waals surface area contributed by atoms with Gasteiger partial charge in [0.1, 0.15) is 0 Å². The topological polar surface area (TPSA) is 12.0 Å². The molecule has 1 nitrogen and oxygen atoms in total. The molecule has 0 atom stereocenters. The van der Waals surface area contributed by atoms with E-state index in [1.54, 1.807) is 0 Å². The minimum atomic E-state index is 0.991. The van der Waals surface area contributed by atoms with E-state index < -0.39 is 0 Å². The molecule has 1 heterocycles. The Bertz CT molecular complexity index is 419. The van der Waals surface area contributed by atoms with Gasteiger partial charge in [-0.3, -0.25) is 0 Å². The van der Waals surface area contributed by atoms with E-state index in [4.69, 9.17) is 0 Å². The van der Waals surface area contributed by atoms with E-state index in [1.165, 1.54) is 22.4 Å². The van der Waals surface area contributed by atoms with Crippen molar-refractivity contribution in [3.63, 3.8) is 0 Å². The van der Waals surface area contributed by atoms with Crippen LogP contribution in [0.2, 0.25) is 0 Å². The van der Waals surface area contributed by atoms with Gasteiger partial charge in [0.25, 0.3) is 0 Å². The largest absolute Gasteiger partial charge is 0.312 e. The summed E-state index contributed by atoms with van der Waals surface area (Å²) < 4.78 is 0. The van der Waals surface area contributed by atoms with Crippen molar-refractivity contribution in [1.29, 1.82) is 0 Å². The van der Waals surface area contributed by atoms with E-state index in [-0.39, 0.29) is 0 Å².